The SMILES string of the molecule is CC(C)CCN(C)c1cccc(CNC2CC2)n1. The third kappa shape index (κ3) is 4.30. The Morgan fingerprint density at radius 2 is 2.17 bits per heavy atom. The first-order valence-corrected chi connectivity index (χ1v) is 7.05. The fraction of sp³-hybridized carbons (Fsp3) is 0.667. The lowest BCUT2D eigenvalue weighted by atomic mass is 10.1. The molecule has 3 heteroatoms. The molecule has 1 aromatic heterocycles. The summed E-state index contributed by atoms with van der Waals surface area (Å²) in [7, 11) is 2.13. The number of hydrogen-bond acceptors (Lipinski definition) is 3. The van der Waals surface area contributed by atoms with Crippen LogP contribution in [-0.2, 0) is 6.54 Å². The molecule has 2 rings (SSSR count). The Hall–Kier alpha value is -1.09. The summed E-state index contributed by atoms with van der Waals surface area (Å²) in [4.78, 5) is 6.96. The topological polar surface area (TPSA) is 28.2 Å². The molecule has 0 aliphatic heterocycles. The molecule has 0 saturated heterocycles. The van der Waals surface area contributed by atoms with E-state index in [1.165, 1.54) is 19.3 Å². The molecule has 0 bridgehead atoms. The molecule has 0 aromatic carbocycles. The smallest absolute Gasteiger partial charge is 0.128 e. The first-order valence-electron chi connectivity index (χ1n) is 7.05. The Morgan fingerprint density at radius 3 is 2.83 bits per heavy atom. The fourth-order valence-corrected chi connectivity index (χ4v) is 1.88. The summed E-state index contributed by atoms with van der Waals surface area (Å²) in [5.74, 6) is 1.83. The van der Waals surface area contributed by atoms with Crippen LogP contribution in [0.25, 0.3) is 0 Å². The number of aromatic nitrogens is 1. The van der Waals surface area contributed by atoms with Gasteiger partial charge in [-0.3, -0.25) is 0 Å². The van der Waals surface area contributed by atoms with Crippen LogP contribution in [0.3, 0.4) is 0 Å². The number of rotatable bonds is 7. The number of nitrogens with zero attached hydrogens (tertiary/aromatic N) is 2. The van der Waals surface area contributed by atoms with Gasteiger partial charge < -0.3 is 10.2 Å². The van der Waals surface area contributed by atoms with E-state index in [0.717, 1.165) is 36.6 Å². The van der Waals surface area contributed by atoms with Gasteiger partial charge in [0.2, 0.25) is 0 Å². The molecule has 1 aromatic rings. The van der Waals surface area contributed by atoms with Crippen LogP contribution in [0.15, 0.2) is 18.2 Å². The standard InChI is InChI=1S/C15H25N3/c1-12(2)9-10-18(3)15-6-4-5-14(17-15)11-16-13-7-8-13/h4-6,12-13,16H,7-11H2,1-3H3. The lowest BCUT2D eigenvalue weighted by Gasteiger charge is -2.19. The van der Waals surface area contributed by atoms with E-state index in [9.17, 15) is 0 Å². The molecule has 0 amide bonds. The fourth-order valence-electron chi connectivity index (χ4n) is 1.88. The number of anilines is 1. The maximum absolute atomic E-state index is 4.71. The van der Waals surface area contributed by atoms with Gasteiger partial charge in [0.15, 0.2) is 0 Å². The molecule has 0 unspecified atom stereocenters. The van der Waals surface area contributed by atoms with Crippen molar-refractivity contribution in [1.82, 2.24) is 10.3 Å². The zero-order valence-corrected chi connectivity index (χ0v) is 11.8. The molecule has 0 atom stereocenters. The highest BCUT2D eigenvalue weighted by Crippen LogP contribution is 2.19. The molecule has 1 heterocycles. The van der Waals surface area contributed by atoms with Crippen LogP contribution in [0, 0.1) is 5.92 Å². The third-order valence-electron chi connectivity index (χ3n) is 3.37. The van der Waals surface area contributed by atoms with Crippen LogP contribution in [0.1, 0.15) is 38.8 Å². The van der Waals surface area contributed by atoms with Crippen LogP contribution in [0.4, 0.5) is 5.82 Å². The Labute approximate surface area is 111 Å². The van der Waals surface area contributed by atoms with Gasteiger partial charge in [-0.15, -0.1) is 0 Å². The van der Waals surface area contributed by atoms with E-state index in [2.05, 4.69) is 49.3 Å². The highest BCUT2D eigenvalue weighted by Gasteiger charge is 2.20. The van der Waals surface area contributed by atoms with Crippen molar-refractivity contribution in [3.63, 3.8) is 0 Å². The van der Waals surface area contributed by atoms with Crippen molar-refractivity contribution in [2.45, 2.75) is 45.7 Å². The summed E-state index contributed by atoms with van der Waals surface area (Å²) in [5.41, 5.74) is 1.15. The van der Waals surface area contributed by atoms with Crippen molar-refractivity contribution in [2.24, 2.45) is 5.92 Å². The molecule has 0 radical (unpaired) electrons. The molecule has 1 N–H and O–H groups in total. The van der Waals surface area contributed by atoms with Gasteiger partial charge >= 0.3 is 0 Å². The molecular weight excluding hydrogens is 222 g/mol. The molecule has 1 fully saturated rings. The predicted molar refractivity (Wildman–Crippen MR) is 76.8 cm³/mol. The van der Waals surface area contributed by atoms with Crippen LogP contribution < -0.4 is 10.2 Å². The first kappa shape index (κ1) is 13.3. The van der Waals surface area contributed by atoms with Crippen molar-refractivity contribution < 1.29 is 0 Å². The van der Waals surface area contributed by atoms with E-state index in [-0.39, 0.29) is 0 Å². The summed E-state index contributed by atoms with van der Waals surface area (Å²) < 4.78 is 0. The lowest BCUT2D eigenvalue weighted by molar-refractivity contribution is 0.583. The highest BCUT2D eigenvalue weighted by molar-refractivity contribution is 5.38. The van der Waals surface area contributed by atoms with Gasteiger partial charge in [0.05, 0.1) is 5.69 Å². The minimum atomic E-state index is 0.743. The second-order valence-electron chi connectivity index (χ2n) is 5.75. The van der Waals surface area contributed by atoms with Crippen LogP contribution in [-0.4, -0.2) is 24.6 Å². The van der Waals surface area contributed by atoms with Crippen molar-refractivity contribution in [1.29, 1.82) is 0 Å². The minimum Gasteiger partial charge on any atom is -0.360 e. The maximum atomic E-state index is 4.71. The van der Waals surface area contributed by atoms with E-state index < -0.39 is 0 Å². The zero-order valence-electron chi connectivity index (χ0n) is 11.8. The summed E-state index contributed by atoms with van der Waals surface area (Å²) in [6, 6.07) is 7.06. The van der Waals surface area contributed by atoms with Gasteiger partial charge in [0.1, 0.15) is 5.82 Å². The van der Waals surface area contributed by atoms with Gasteiger partial charge in [0.25, 0.3) is 0 Å². The van der Waals surface area contributed by atoms with Crippen molar-refractivity contribution >= 4 is 5.82 Å². The second kappa shape index (κ2) is 6.19. The summed E-state index contributed by atoms with van der Waals surface area (Å²) in [6.07, 6.45) is 3.87. The summed E-state index contributed by atoms with van der Waals surface area (Å²) >= 11 is 0. The quantitative estimate of drug-likeness (QED) is 0.803. The zero-order chi connectivity index (χ0) is 13.0. The normalized spacial score (nSPS) is 15.1. The first-order chi connectivity index (χ1) is 8.65. The molecule has 1 saturated carbocycles. The van der Waals surface area contributed by atoms with Gasteiger partial charge in [0, 0.05) is 26.2 Å². The number of pyridine rings is 1. The Bertz CT molecular complexity index is 372. The summed E-state index contributed by atoms with van der Waals surface area (Å²) in [5, 5.41) is 3.51. The third-order valence-corrected chi connectivity index (χ3v) is 3.37. The largest absolute Gasteiger partial charge is 0.360 e. The van der Waals surface area contributed by atoms with Gasteiger partial charge in [-0.25, -0.2) is 4.98 Å². The van der Waals surface area contributed by atoms with Crippen molar-refractivity contribution in [2.75, 3.05) is 18.5 Å². The number of hydrogen-bond donors (Lipinski definition) is 1. The average Bonchev–Trinajstić information content (AvgIpc) is 3.18. The summed E-state index contributed by atoms with van der Waals surface area (Å²) in [6.45, 7) is 6.50. The van der Waals surface area contributed by atoms with Crippen LogP contribution >= 0.6 is 0 Å². The molecule has 1 aliphatic rings. The Kier molecular flexibility index (Phi) is 4.59. The van der Waals surface area contributed by atoms with Crippen LogP contribution in [0.5, 0.6) is 0 Å². The maximum Gasteiger partial charge on any atom is 0.128 e. The lowest BCUT2D eigenvalue weighted by Crippen LogP contribution is -2.22. The molecule has 3 nitrogen and oxygen atoms in total. The van der Waals surface area contributed by atoms with E-state index >= 15 is 0 Å². The highest BCUT2D eigenvalue weighted by atomic mass is 15.2. The van der Waals surface area contributed by atoms with E-state index in [1.807, 2.05) is 0 Å². The van der Waals surface area contributed by atoms with E-state index in [4.69, 9.17) is 4.98 Å². The Morgan fingerprint density at radius 1 is 1.39 bits per heavy atom. The van der Waals surface area contributed by atoms with Gasteiger partial charge in [-0.05, 0) is 37.3 Å². The second-order valence-corrected chi connectivity index (χ2v) is 5.75. The van der Waals surface area contributed by atoms with Crippen LogP contribution in [0.2, 0.25) is 0 Å². The van der Waals surface area contributed by atoms with E-state index in [0.29, 0.717) is 0 Å². The van der Waals surface area contributed by atoms with Crippen molar-refractivity contribution in [3.05, 3.63) is 23.9 Å². The molecule has 1 aliphatic carbocycles. The Balaban J connectivity index is 1.88. The van der Waals surface area contributed by atoms with Gasteiger partial charge in [-0.2, -0.15) is 0 Å². The predicted octanol–water partition coefficient (Wildman–Crippen LogP) is 2.82. The van der Waals surface area contributed by atoms with Crippen molar-refractivity contribution in [3.8, 4) is 0 Å². The minimum absolute atomic E-state index is 0.743. The average molecular weight is 247 g/mol. The molecule has 100 valence electrons. The number of nitrogens with one attached hydrogen (secondary N) is 1. The monoisotopic (exact) mass is 247 g/mol. The van der Waals surface area contributed by atoms with E-state index in [1.54, 1.807) is 0 Å². The molecular formula is C15H25N3. The van der Waals surface area contributed by atoms with Gasteiger partial charge in [-0.1, -0.05) is 19.9 Å². The molecule has 0 spiro atoms. The molecule has 18 heavy (non-hydrogen) atoms.